The van der Waals surface area contributed by atoms with Gasteiger partial charge in [-0.3, -0.25) is 0 Å². The number of piperazine rings is 1. The summed E-state index contributed by atoms with van der Waals surface area (Å²) in [7, 11) is 0. The third-order valence-electron chi connectivity index (χ3n) is 3.74. The van der Waals surface area contributed by atoms with E-state index in [0.29, 0.717) is 0 Å². The summed E-state index contributed by atoms with van der Waals surface area (Å²) in [6.07, 6.45) is 5.38. The van der Waals surface area contributed by atoms with Gasteiger partial charge >= 0.3 is 0 Å². The number of pyridine rings is 1. The fourth-order valence-corrected chi connectivity index (χ4v) is 2.62. The molecule has 0 amide bonds. The van der Waals surface area contributed by atoms with Crippen LogP contribution in [0.25, 0.3) is 5.65 Å². The van der Waals surface area contributed by atoms with Crippen LogP contribution < -0.4 is 15.5 Å². The van der Waals surface area contributed by atoms with Gasteiger partial charge in [-0.1, -0.05) is 0 Å². The molecular weight excluding hydrogens is 278 g/mol. The normalized spacial score (nSPS) is 15.2. The van der Waals surface area contributed by atoms with Crippen molar-refractivity contribution in [2.24, 2.45) is 0 Å². The van der Waals surface area contributed by atoms with Crippen LogP contribution in [0.4, 0.5) is 17.3 Å². The Hall–Kier alpha value is -2.67. The molecule has 4 rings (SSSR count). The van der Waals surface area contributed by atoms with Crippen LogP contribution in [0.2, 0.25) is 0 Å². The van der Waals surface area contributed by atoms with Gasteiger partial charge in [-0.05, 0) is 18.2 Å². The molecule has 0 spiro atoms. The van der Waals surface area contributed by atoms with Gasteiger partial charge in [-0.15, -0.1) is 5.10 Å². The largest absolute Gasteiger partial charge is 0.369 e. The van der Waals surface area contributed by atoms with E-state index in [2.05, 4.69) is 36.7 Å². The van der Waals surface area contributed by atoms with E-state index >= 15 is 0 Å². The van der Waals surface area contributed by atoms with Crippen LogP contribution in [0, 0.1) is 0 Å². The molecule has 0 atom stereocenters. The Morgan fingerprint density at radius 2 is 1.91 bits per heavy atom. The van der Waals surface area contributed by atoms with Crippen LogP contribution in [0.5, 0.6) is 0 Å². The second-order valence-corrected chi connectivity index (χ2v) is 5.21. The lowest BCUT2D eigenvalue weighted by Gasteiger charge is -2.29. The third kappa shape index (κ3) is 2.58. The fraction of sp³-hybridized carbons (Fsp3) is 0.267. The van der Waals surface area contributed by atoms with Gasteiger partial charge in [0.25, 0.3) is 0 Å². The van der Waals surface area contributed by atoms with E-state index in [0.717, 1.165) is 43.5 Å². The van der Waals surface area contributed by atoms with Gasteiger partial charge in [0.1, 0.15) is 5.82 Å². The van der Waals surface area contributed by atoms with E-state index in [1.807, 2.05) is 30.6 Å². The molecule has 3 aromatic heterocycles. The predicted molar refractivity (Wildman–Crippen MR) is 85.6 cm³/mol. The molecule has 7 heteroatoms. The molecule has 1 saturated heterocycles. The van der Waals surface area contributed by atoms with Crippen molar-refractivity contribution in [1.29, 1.82) is 0 Å². The summed E-state index contributed by atoms with van der Waals surface area (Å²) >= 11 is 0. The van der Waals surface area contributed by atoms with Crippen molar-refractivity contribution in [1.82, 2.24) is 24.9 Å². The quantitative estimate of drug-likeness (QED) is 0.758. The lowest BCUT2D eigenvalue weighted by Crippen LogP contribution is -2.43. The molecule has 7 nitrogen and oxygen atoms in total. The van der Waals surface area contributed by atoms with Crippen molar-refractivity contribution in [3.63, 3.8) is 0 Å². The number of imidazole rings is 1. The molecule has 4 heterocycles. The van der Waals surface area contributed by atoms with Crippen LogP contribution >= 0.6 is 0 Å². The molecule has 0 unspecified atom stereocenters. The molecule has 1 aliphatic heterocycles. The minimum Gasteiger partial charge on any atom is -0.369 e. The highest BCUT2D eigenvalue weighted by atomic mass is 15.3. The van der Waals surface area contributed by atoms with Gasteiger partial charge in [0, 0.05) is 56.5 Å². The molecule has 0 bridgehead atoms. The standard InChI is InChI=1S/C15H17N7/c1-2-15-18-7-10-22(15)20-13(1)19-14-11-12(3-4-17-14)21-8-5-16-6-9-21/h1-4,7,10-11,16H,5-6,8-9H2,(H,17,19,20). The molecule has 112 valence electrons. The fourth-order valence-electron chi connectivity index (χ4n) is 2.62. The summed E-state index contributed by atoms with van der Waals surface area (Å²) in [5, 5.41) is 11.1. The molecule has 0 aromatic carbocycles. The summed E-state index contributed by atoms with van der Waals surface area (Å²) in [4.78, 5) is 10.9. The van der Waals surface area contributed by atoms with Crippen molar-refractivity contribution < 1.29 is 0 Å². The van der Waals surface area contributed by atoms with E-state index < -0.39 is 0 Å². The van der Waals surface area contributed by atoms with E-state index in [1.54, 1.807) is 10.7 Å². The molecular formula is C15H17N7. The average molecular weight is 295 g/mol. The van der Waals surface area contributed by atoms with Gasteiger partial charge in [-0.25, -0.2) is 14.5 Å². The first kappa shape index (κ1) is 13.0. The maximum Gasteiger partial charge on any atom is 0.153 e. The Morgan fingerprint density at radius 3 is 2.82 bits per heavy atom. The van der Waals surface area contributed by atoms with Crippen LogP contribution in [0.1, 0.15) is 0 Å². The molecule has 1 aliphatic rings. The molecule has 0 saturated carbocycles. The number of rotatable bonds is 3. The second kappa shape index (κ2) is 5.61. The SMILES string of the molecule is c1cc(N2CCNCC2)cc(Nc2ccc3nccn3n2)n1. The van der Waals surface area contributed by atoms with Crippen molar-refractivity contribution in [2.75, 3.05) is 36.4 Å². The topological polar surface area (TPSA) is 70.4 Å². The zero-order chi connectivity index (χ0) is 14.8. The lowest BCUT2D eigenvalue weighted by molar-refractivity contribution is 0.589. The van der Waals surface area contributed by atoms with E-state index in [1.165, 1.54) is 5.69 Å². The Morgan fingerprint density at radius 1 is 1.00 bits per heavy atom. The van der Waals surface area contributed by atoms with Crippen LogP contribution in [-0.2, 0) is 0 Å². The number of nitrogens with one attached hydrogen (secondary N) is 2. The first-order valence-corrected chi connectivity index (χ1v) is 7.38. The Labute approximate surface area is 128 Å². The van der Waals surface area contributed by atoms with Crippen LogP contribution in [0.3, 0.4) is 0 Å². The number of hydrogen-bond donors (Lipinski definition) is 2. The van der Waals surface area contributed by atoms with Gasteiger partial charge in [0.05, 0.1) is 0 Å². The summed E-state index contributed by atoms with van der Waals surface area (Å²) in [5.74, 6) is 1.54. The zero-order valence-electron chi connectivity index (χ0n) is 12.1. The number of aromatic nitrogens is 4. The predicted octanol–water partition coefficient (Wildman–Crippen LogP) is 1.28. The molecule has 0 radical (unpaired) electrons. The molecule has 0 aliphatic carbocycles. The number of nitrogens with zero attached hydrogens (tertiary/aromatic N) is 5. The summed E-state index contributed by atoms with van der Waals surface area (Å²) < 4.78 is 1.74. The van der Waals surface area contributed by atoms with Gasteiger partial charge in [0.15, 0.2) is 11.5 Å². The third-order valence-corrected chi connectivity index (χ3v) is 3.74. The lowest BCUT2D eigenvalue weighted by atomic mass is 10.3. The number of fused-ring (bicyclic) bond motifs is 1. The van der Waals surface area contributed by atoms with E-state index in [-0.39, 0.29) is 0 Å². The van der Waals surface area contributed by atoms with Crippen molar-refractivity contribution in [2.45, 2.75) is 0 Å². The summed E-state index contributed by atoms with van der Waals surface area (Å²) in [5.41, 5.74) is 2.01. The smallest absolute Gasteiger partial charge is 0.153 e. The Kier molecular flexibility index (Phi) is 3.32. The molecule has 1 fully saturated rings. The first-order valence-electron chi connectivity index (χ1n) is 7.38. The zero-order valence-corrected chi connectivity index (χ0v) is 12.1. The van der Waals surface area contributed by atoms with Gasteiger partial charge in [0.2, 0.25) is 0 Å². The van der Waals surface area contributed by atoms with E-state index in [4.69, 9.17) is 0 Å². The maximum atomic E-state index is 4.45. The number of anilines is 3. The second-order valence-electron chi connectivity index (χ2n) is 5.21. The van der Waals surface area contributed by atoms with E-state index in [9.17, 15) is 0 Å². The maximum absolute atomic E-state index is 4.45. The van der Waals surface area contributed by atoms with Crippen LogP contribution in [0.15, 0.2) is 42.9 Å². The van der Waals surface area contributed by atoms with Crippen molar-refractivity contribution in [3.8, 4) is 0 Å². The van der Waals surface area contributed by atoms with Crippen LogP contribution in [-0.4, -0.2) is 45.8 Å². The molecule has 3 aromatic rings. The minimum absolute atomic E-state index is 0.746. The highest BCUT2D eigenvalue weighted by Gasteiger charge is 2.11. The Bertz CT molecular complexity index is 776. The van der Waals surface area contributed by atoms with Crippen molar-refractivity contribution in [3.05, 3.63) is 42.9 Å². The first-order chi connectivity index (χ1) is 10.9. The highest BCUT2D eigenvalue weighted by molar-refractivity contribution is 5.60. The average Bonchev–Trinajstić information content (AvgIpc) is 3.04. The summed E-state index contributed by atoms with van der Waals surface area (Å²) in [6.45, 7) is 4.07. The highest BCUT2D eigenvalue weighted by Crippen LogP contribution is 2.20. The minimum atomic E-state index is 0.746. The van der Waals surface area contributed by atoms with Crippen molar-refractivity contribution >= 4 is 23.0 Å². The Balaban J connectivity index is 1.56. The summed E-state index contributed by atoms with van der Waals surface area (Å²) in [6, 6.07) is 7.94. The monoisotopic (exact) mass is 295 g/mol. The van der Waals surface area contributed by atoms with Gasteiger partial charge < -0.3 is 15.5 Å². The van der Waals surface area contributed by atoms with Gasteiger partial charge in [-0.2, -0.15) is 0 Å². The molecule has 2 N–H and O–H groups in total. The molecule has 22 heavy (non-hydrogen) atoms. The number of hydrogen-bond acceptors (Lipinski definition) is 6.